The van der Waals surface area contributed by atoms with E-state index in [0.29, 0.717) is 0 Å². The van der Waals surface area contributed by atoms with Crippen molar-refractivity contribution in [3.8, 4) is 0 Å². The molecule has 0 saturated carbocycles. The van der Waals surface area contributed by atoms with Crippen LogP contribution in [0.3, 0.4) is 0 Å². The number of nitrogens with one attached hydrogen (secondary N) is 2. The normalized spacial score (nSPS) is 11.3. The van der Waals surface area contributed by atoms with Crippen molar-refractivity contribution in [2.45, 2.75) is 166 Å². The zero-order valence-electron chi connectivity index (χ0n) is 44.3. The molecule has 2 N–H and O–H groups in total. The highest BCUT2D eigenvalue weighted by molar-refractivity contribution is 5.60. The lowest BCUT2D eigenvalue weighted by atomic mass is 10.1. The van der Waals surface area contributed by atoms with Gasteiger partial charge < -0.3 is 19.6 Å². The standard InChI is InChI=1S/C62H92N6.CH4/c1-9-17-45-63(46-18-10-2)53-25-33-57(34-26-53)67(58-35-27-54(28-36-58)64(47-19-11-3)48-20-12-4)61-41-43-62(44-42-61)68(59-37-29-55(30-38-59)65(49-21-13-5)50-22-14-6)60-39-31-56(32-40-60)66(51-23-15-7)52-24-16-8;/h25-44H,9-24,45-52H2,1-8H3;1H4/p+2. The maximum atomic E-state index is 2.60. The van der Waals surface area contributed by atoms with E-state index in [2.05, 4.69) is 196 Å². The molecule has 69 heavy (non-hydrogen) atoms. The molecule has 0 heterocycles. The Morgan fingerprint density at radius 1 is 0.232 bits per heavy atom. The molecule has 378 valence electrons. The van der Waals surface area contributed by atoms with E-state index < -0.39 is 0 Å². The number of benzene rings is 5. The van der Waals surface area contributed by atoms with Crippen molar-refractivity contribution in [3.05, 3.63) is 121 Å². The second kappa shape index (κ2) is 32.2. The smallest absolute Gasteiger partial charge is 0.141 e. The number of hydrogen-bond donors (Lipinski definition) is 2. The van der Waals surface area contributed by atoms with Crippen molar-refractivity contribution in [1.82, 2.24) is 0 Å². The molecule has 5 aromatic carbocycles. The minimum absolute atomic E-state index is 0. The summed E-state index contributed by atoms with van der Waals surface area (Å²) < 4.78 is 0. The van der Waals surface area contributed by atoms with Crippen LogP contribution in [0.4, 0.5) is 56.9 Å². The molecule has 0 aliphatic rings. The van der Waals surface area contributed by atoms with Gasteiger partial charge in [-0.3, -0.25) is 0 Å². The average Bonchev–Trinajstić information content (AvgIpc) is 3.38. The van der Waals surface area contributed by atoms with E-state index in [0.717, 1.165) is 52.4 Å². The predicted molar refractivity (Wildman–Crippen MR) is 307 cm³/mol. The van der Waals surface area contributed by atoms with Crippen molar-refractivity contribution < 1.29 is 9.80 Å². The van der Waals surface area contributed by atoms with Crippen LogP contribution in [0.5, 0.6) is 0 Å². The number of quaternary nitrogens is 2. The molecule has 0 spiro atoms. The van der Waals surface area contributed by atoms with Crippen LogP contribution in [0.2, 0.25) is 0 Å². The van der Waals surface area contributed by atoms with Gasteiger partial charge in [-0.15, -0.1) is 0 Å². The fourth-order valence-electron chi connectivity index (χ4n) is 9.43. The van der Waals surface area contributed by atoms with Crippen molar-refractivity contribution in [1.29, 1.82) is 0 Å². The van der Waals surface area contributed by atoms with Crippen LogP contribution in [0.15, 0.2) is 121 Å². The molecule has 5 rings (SSSR count). The number of anilines is 4. The van der Waals surface area contributed by atoms with Crippen LogP contribution in [-0.4, -0.2) is 52.4 Å². The highest BCUT2D eigenvalue weighted by Gasteiger charge is 2.25. The molecule has 0 bridgehead atoms. The van der Waals surface area contributed by atoms with Gasteiger partial charge >= 0.3 is 0 Å². The van der Waals surface area contributed by atoms with E-state index in [1.807, 2.05) is 0 Å². The van der Waals surface area contributed by atoms with Gasteiger partial charge in [0.05, 0.1) is 0 Å². The summed E-state index contributed by atoms with van der Waals surface area (Å²) in [6.45, 7) is 27.3. The Morgan fingerprint density at radius 3 is 0.493 bits per heavy atom. The summed E-state index contributed by atoms with van der Waals surface area (Å²) in [6.07, 6.45) is 19.4. The fourth-order valence-corrected chi connectivity index (χ4v) is 9.43. The molecular weight excluding hydrogens is 841 g/mol. The number of hydrogen-bond acceptors (Lipinski definition) is 4. The highest BCUT2D eigenvalue weighted by atomic mass is 15.2. The Hall–Kier alpha value is -4.78. The molecule has 0 fully saturated rings. The van der Waals surface area contributed by atoms with E-state index >= 15 is 0 Å². The Balaban J connectivity index is 0.0000104. The summed E-state index contributed by atoms with van der Waals surface area (Å²) in [7, 11) is 0. The second-order valence-electron chi connectivity index (χ2n) is 19.3. The summed E-state index contributed by atoms with van der Waals surface area (Å²) in [5.41, 5.74) is 12.8. The fraction of sp³-hybridized carbons (Fsp3) is 0.524. The monoisotopic (exact) mass is 939 g/mol. The van der Waals surface area contributed by atoms with E-state index in [1.54, 1.807) is 0 Å². The molecule has 5 aromatic rings. The molecule has 0 radical (unpaired) electrons. The Labute approximate surface area is 423 Å². The quantitative estimate of drug-likeness (QED) is 0.0429. The van der Waals surface area contributed by atoms with Gasteiger partial charge in [0.1, 0.15) is 34.1 Å². The van der Waals surface area contributed by atoms with Crippen LogP contribution in [0, 0.1) is 0 Å². The summed E-state index contributed by atoms with van der Waals surface area (Å²) >= 11 is 0. The summed E-state index contributed by atoms with van der Waals surface area (Å²) in [5.74, 6) is 0. The van der Waals surface area contributed by atoms with Crippen LogP contribution in [0.1, 0.15) is 166 Å². The first-order valence-corrected chi connectivity index (χ1v) is 27.7. The van der Waals surface area contributed by atoms with E-state index in [9.17, 15) is 0 Å². The van der Waals surface area contributed by atoms with E-state index in [-0.39, 0.29) is 7.43 Å². The largest absolute Gasteiger partial charge is 0.372 e. The van der Waals surface area contributed by atoms with Crippen molar-refractivity contribution >= 4 is 56.9 Å². The number of unbranched alkanes of at least 4 members (excludes halogenated alkanes) is 8. The zero-order valence-corrected chi connectivity index (χ0v) is 44.3. The molecule has 0 unspecified atom stereocenters. The van der Waals surface area contributed by atoms with Crippen LogP contribution in [-0.2, 0) is 0 Å². The van der Waals surface area contributed by atoms with Gasteiger partial charge in [0, 0.05) is 148 Å². The number of nitrogens with zero attached hydrogens (tertiary/aromatic N) is 4. The summed E-state index contributed by atoms with van der Waals surface area (Å²) in [6, 6.07) is 47.5. The topological polar surface area (TPSA) is 21.8 Å². The summed E-state index contributed by atoms with van der Waals surface area (Å²) in [5, 5.41) is 0. The molecule has 0 amide bonds. The maximum Gasteiger partial charge on any atom is 0.141 e. The Bertz CT molecular complexity index is 1740. The Kier molecular flexibility index (Phi) is 26.5. The molecule has 0 saturated heterocycles. The molecule has 0 atom stereocenters. The van der Waals surface area contributed by atoms with Gasteiger partial charge in [0.2, 0.25) is 0 Å². The van der Waals surface area contributed by atoms with E-state index in [1.165, 1.54) is 169 Å². The van der Waals surface area contributed by atoms with Gasteiger partial charge in [0.25, 0.3) is 0 Å². The molecular formula is C63H98N6+2. The zero-order chi connectivity index (χ0) is 48.4. The third kappa shape index (κ3) is 17.2. The SMILES string of the molecule is C.CCCCN(CCCC)c1ccc([NH+](c2ccc(N(CCCC)CCCC)cc2)c2ccc([NH+](c3ccc(N(CCCC)CCCC)cc3)c3ccc(N(CCCC)CCCC)cc3)cc2)cc1. The minimum Gasteiger partial charge on any atom is -0.372 e. The van der Waals surface area contributed by atoms with Gasteiger partial charge in [-0.25, -0.2) is 9.80 Å². The Morgan fingerprint density at radius 2 is 0.362 bits per heavy atom. The van der Waals surface area contributed by atoms with E-state index in [4.69, 9.17) is 0 Å². The third-order valence-corrected chi connectivity index (χ3v) is 13.8. The van der Waals surface area contributed by atoms with Crippen molar-refractivity contribution in [2.24, 2.45) is 0 Å². The third-order valence-electron chi connectivity index (χ3n) is 13.8. The molecule has 0 aromatic heterocycles. The lowest BCUT2D eigenvalue weighted by molar-refractivity contribution is -0.684. The molecule has 0 aliphatic carbocycles. The lowest BCUT2D eigenvalue weighted by Gasteiger charge is -2.27. The number of rotatable bonds is 34. The first kappa shape index (κ1) is 56.8. The first-order chi connectivity index (χ1) is 33.4. The molecule has 0 aliphatic heterocycles. The van der Waals surface area contributed by atoms with Gasteiger partial charge in [0.15, 0.2) is 0 Å². The van der Waals surface area contributed by atoms with Crippen LogP contribution >= 0.6 is 0 Å². The maximum absolute atomic E-state index is 2.60. The average molecular weight is 940 g/mol. The highest BCUT2D eigenvalue weighted by Crippen LogP contribution is 2.27. The second-order valence-corrected chi connectivity index (χ2v) is 19.3. The molecule has 6 heteroatoms. The molecule has 6 nitrogen and oxygen atoms in total. The summed E-state index contributed by atoms with van der Waals surface area (Å²) in [4.78, 5) is 13.0. The van der Waals surface area contributed by atoms with Gasteiger partial charge in [-0.2, -0.15) is 0 Å². The van der Waals surface area contributed by atoms with Gasteiger partial charge in [-0.1, -0.05) is 114 Å². The van der Waals surface area contributed by atoms with Gasteiger partial charge in [-0.05, 0) is 99.9 Å². The first-order valence-electron chi connectivity index (χ1n) is 27.7. The van der Waals surface area contributed by atoms with Crippen LogP contribution < -0.4 is 29.4 Å². The lowest BCUT2D eigenvalue weighted by Crippen LogP contribution is -2.97. The van der Waals surface area contributed by atoms with Crippen molar-refractivity contribution in [3.63, 3.8) is 0 Å². The van der Waals surface area contributed by atoms with Crippen molar-refractivity contribution in [2.75, 3.05) is 72.0 Å². The minimum atomic E-state index is 0. The predicted octanol–water partition coefficient (Wildman–Crippen LogP) is 16.3. The van der Waals surface area contributed by atoms with Crippen LogP contribution in [0.25, 0.3) is 0 Å².